The lowest BCUT2D eigenvalue weighted by Gasteiger charge is -2.11. The van der Waals surface area contributed by atoms with Gasteiger partial charge in [-0.25, -0.2) is 9.18 Å². The van der Waals surface area contributed by atoms with E-state index in [1.165, 1.54) is 24.3 Å². The van der Waals surface area contributed by atoms with Crippen molar-refractivity contribution in [2.24, 2.45) is 0 Å². The highest BCUT2D eigenvalue weighted by Gasteiger charge is 2.24. The second kappa shape index (κ2) is 8.95. The summed E-state index contributed by atoms with van der Waals surface area (Å²) in [4.78, 5) is 27.8. The van der Waals surface area contributed by atoms with Crippen molar-refractivity contribution in [3.05, 3.63) is 102 Å². The minimum atomic E-state index is -0.439. The minimum absolute atomic E-state index is 0.153. The smallest absolute Gasteiger partial charge is 0.323 e. The average molecular weight is 453 g/mol. The van der Waals surface area contributed by atoms with E-state index in [4.69, 9.17) is 0 Å². The maximum Gasteiger partial charge on any atom is 0.323 e. The van der Waals surface area contributed by atoms with E-state index in [-0.39, 0.29) is 11.7 Å². The molecule has 168 valence electrons. The molecule has 0 radical (unpaired) electrons. The number of halogens is 1. The molecule has 4 aromatic rings. The number of aromatic amines is 1. The number of benzene rings is 3. The first-order valence-corrected chi connectivity index (χ1v) is 10.5. The molecule has 1 aliphatic rings. The summed E-state index contributed by atoms with van der Waals surface area (Å²) in [5, 5.41) is 11.6. The molecule has 7 nitrogen and oxygen atoms in total. The first-order chi connectivity index (χ1) is 16.5. The Labute approximate surface area is 194 Å². The van der Waals surface area contributed by atoms with E-state index < -0.39 is 6.03 Å². The largest absolute Gasteiger partial charge is 0.362 e. The third kappa shape index (κ3) is 4.66. The molecule has 0 aliphatic carbocycles. The van der Waals surface area contributed by atoms with Gasteiger partial charge < -0.3 is 26.3 Å². The number of H-pyrrole nitrogens is 1. The zero-order valence-electron chi connectivity index (χ0n) is 17.9. The van der Waals surface area contributed by atoms with Gasteiger partial charge >= 0.3 is 6.03 Å². The molecular formula is C26H20FN5O2. The van der Waals surface area contributed by atoms with Gasteiger partial charge in [-0.3, -0.25) is 4.79 Å². The fourth-order valence-electron chi connectivity index (χ4n) is 3.67. The van der Waals surface area contributed by atoms with Crippen molar-refractivity contribution in [3.63, 3.8) is 0 Å². The quantitative estimate of drug-likeness (QED) is 0.239. The summed E-state index contributed by atoms with van der Waals surface area (Å²) in [5.74, 6) is -0.524. The summed E-state index contributed by atoms with van der Waals surface area (Å²) >= 11 is 0. The molecule has 0 spiro atoms. The van der Waals surface area contributed by atoms with Crippen molar-refractivity contribution in [2.75, 3.05) is 21.3 Å². The van der Waals surface area contributed by atoms with Crippen molar-refractivity contribution < 1.29 is 14.0 Å². The maximum absolute atomic E-state index is 13.0. The third-order valence-corrected chi connectivity index (χ3v) is 5.24. The zero-order chi connectivity index (χ0) is 23.5. The summed E-state index contributed by atoms with van der Waals surface area (Å²) in [6.45, 7) is 0. The fourth-order valence-corrected chi connectivity index (χ4v) is 3.67. The number of fused-ring (bicyclic) bond motifs is 1. The molecule has 5 rings (SSSR count). The van der Waals surface area contributed by atoms with E-state index in [1.807, 2.05) is 54.7 Å². The van der Waals surface area contributed by atoms with Gasteiger partial charge in [-0.1, -0.05) is 12.1 Å². The van der Waals surface area contributed by atoms with Crippen LogP contribution in [0.2, 0.25) is 0 Å². The van der Waals surface area contributed by atoms with Crippen LogP contribution in [-0.4, -0.2) is 16.9 Å². The van der Waals surface area contributed by atoms with Crippen molar-refractivity contribution in [2.45, 2.75) is 0 Å². The maximum atomic E-state index is 13.0. The second-order valence-electron chi connectivity index (χ2n) is 7.69. The number of rotatable bonds is 5. The topological polar surface area (TPSA) is 98.0 Å². The second-order valence-corrected chi connectivity index (χ2v) is 7.69. The predicted octanol–water partition coefficient (Wildman–Crippen LogP) is 6.03. The van der Waals surface area contributed by atoms with Crippen LogP contribution in [0.5, 0.6) is 0 Å². The Morgan fingerprint density at radius 2 is 1.56 bits per heavy atom. The van der Waals surface area contributed by atoms with Gasteiger partial charge in [0.2, 0.25) is 0 Å². The Kier molecular flexibility index (Phi) is 5.53. The van der Waals surface area contributed by atoms with Crippen molar-refractivity contribution in [1.29, 1.82) is 0 Å². The molecule has 0 fully saturated rings. The SMILES string of the molecule is O=C(Nc1ccc(F)cc1)Nc1cccc(Nc2ccc3c(c2)NC(=O)/C3=C\c2ccc[nH]2)c1. The molecule has 8 heteroatoms. The van der Waals surface area contributed by atoms with E-state index in [2.05, 4.69) is 26.3 Å². The number of aromatic nitrogens is 1. The lowest BCUT2D eigenvalue weighted by Crippen LogP contribution is -2.19. The summed E-state index contributed by atoms with van der Waals surface area (Å²) in [5.41, 5.74) is 5.61. The molecule has 0 saturated heterocycles. The van der Waals surface area contributed by atoms with Crippen molar-refractivity contribution in [3.8, 4) is 0 Å². The predicted molar refractivity (Wildman–Crippen MR) is 133 cm³/mol. The molecule has 0 bridgehead atoms. The van der Waals surface area contributed by atoms with Crippen molar-refractivity contribution in [1.82, 2.24) is 4.98 Å². The highest BCUT2D eigenvalue weighted by atomic mass is 19.1. The van der Waals surface area contributed by atoms with Gasteiger partial charge in [-0.05, 0) is 72.8 Å². The molecule has 1 aliphatic heterocycles. The fraction of sp³-hybridized carbons (Fsp3) is 0. The van der Waals surface area contributed by atoms with Crippen LogP contribution in [0.3, 0.4) is 0 Å². The first kappa shape index (κ1) is 21.0. The molecule has 2 heterocycles. The van der Waals surface area contributed by atoms with Crippen LogP contribution in [-0.2, 0) is 4.79 Å². The Bertz CT molecular complexity index is 1400. The lowest BCUT2D eigenvalue weighted by atomic mass is 10.1. The number of hydrogen-bond donors (Lipinski definition) is 5. The van der Waals surface area contributed by atoms with Crippen LogP contribution < -0.4 is 21.3 Å². The minimum Gasteiger partial charge on any atom is -0.362 e. The molecule has 0 atom stereocenters. The summed E-state index contributed by atoms with van der Waals surface area (Å²) < 4.78 is 13.0. The summed E-state index contributed by atoms with van der Waals surface area (Å²) in [7, 11) is 0. The number of carbonyl (C=O) groups is 2. The zero-order valence-corrected chi connectivity index (χ0v) is 17.9. The van der Waals surface area contributed by atoms with Gasteiger partial charge in [0.15, 0.2) is 0 Å². The number of hydrogen-bond acceptors (Lipinski definition) is 3. The van der Waals surface area contributed by atoms with E-state index in [0.717, 1.165) is 28.3 Å². The highest BCUT2D eigenvalue weighted by molar-refractivity contribution is 6.35. The Balaban J connectivity index is 1.28. The number of urea groups is 1. The Morgan fingerprint density at radius 1 is 0.824 bits per heavy atom. The molecule has 34 heavy (non-hydrogen) atoms. The van der Waals surface area contributed by atoms with Gasteiger partial charge in [0.05, 0.1) is 11.3 Å². The Morgan fingerprint density at radius 3 is 2.35 bits per heavy atom. The molecule has 3 aromatic carbocycles. The molecule has 1 aromatic heterocycles. The van der Waals surface area contributed by atoms with Crippen LogP contribution in [0.1, 0.15) is 11.3 Å². The molecule has 5 N–H and O–H groups in total. The standard InChI is InChI=1S/C26H20FN5O2/c27-16-6-8-17(9-7-16)30-26(34)31-20-4-1-3-19(13-20)29-21-10-11-22-23(14-18-5-2-12-28-18)25(33)32-24(22)15-21/h1-15,28-29H,(H,32,33)(H2,30,31,34)/b23-14-. The summed E-state index contributed by atoms with van der Waals surface area (Å²) in [6, 6.07) is 21.7. The van der Waals surface area contributed by atoms with Crippen molar-refractivity contribution >= 4 is 52.0 Å². The van der Waals surface area contributed by atoms with Gasteiger partial charge in [0.25, 0.3) is 5.91 Å². The summed E-state index contributed by atoms with van der Waals surface area (Å²) in [6.07, 6.45) is 3.63. The molecule has 3 amide bonds. The van der Waals surface area contributed by atoms with Crippen LogP contribution in [0.4, 0.5) is 37.6 Å². The number of carbonyl (C=O) groups excluding carboxylic acids is 2. The number of amides is 3. The van der Waals surface area contributed by atoms with Crippen LogP contribution in [0.15, 0.2) is 85.1 Å². The molecule has 0 unspecified atom stereocenters. The lowest BCUT2D eigenvalue weighted by molar-refractivity contribution is -0.110. The normalized spacial score (nSPS) is 13.3. The number of anilines is 5. The van der Waals surface area contributed by atoms with Gasteiger partial charge in [-0.15, -0.1) is 0 Å². The van der Waals surface area contributed by atoms with E-state index in [1.54, 1.807) is 12.1 Å². The van der Waals surface area contributed by atoms with E-state index >= 15 is 0 Å². The number of nitrogens with one attached hydrogen (secondary N) is 5. The van der Waals surface area contributed by atoms with Crippen LogP contribution in [0, 0.1) is 5.82 Å². The van der Waals surface area contributed by atoms with Crippen LogP contribution in [0.25, 0.3) is 11.6 Å². The van der Waals surface area contributed by atoms with Gasteiger partial charge in [0.1, 0.15) is 5.82 Å². The molecule has 0 saturated carbocycles. The average Bonchev–Trinajstić information content (AvgIpc) is 3.43. The molecular weight excluding hydrogens is 433 g/mol. The van der Waals surface area contributed by atoms with Gasteiger partial charge in [0, 0.05) is 40.2 Å². The monoisotopic (exact) mass is 453 g/mol. The Hall–Kier alpha value is -4.85. The van der Waals surface area contributed by atoms with E-state index in [9.17, 15) is 14.0 Å². The van der Waals surface area contributed by atoms with Gasteiger partial charge in [-0.2, -0.15) is 0 Å². The first-order valence-electron chi connectivity index (χ1n) is 10.5. The van der Waals surface area contributed by atoms with E-state index in [0.29, 0.717) is 16.9 Å². The third-order valence-electron chi connectivity index (χ3n) is 5.24. The highest BCUT2D eigenvalue weighted by Crippen LogP contribution is 2.35. The van der Waals surface area contributed by atoms with Crippen LogP contribution >= 0.6 is 0 Å².